The molecule has 128 valence electrons. The Morgan fingerprint density at radius 3 is 2.65 bits per heavy atom. The third kappa shape index (κ3) is 4.85. The third-order valence-corrected chi connectivity index (χ3v) is 4.68. The molecule has 1 aromatic heterocycles. The van der Waals surface area contributed by atoms with Gasteiger partial charge in [0.1, 0.15) is 17.1 Å². The maximum absolute atomic E-state index is 12.3. The van der Waals surface area contributed by atoms with Crippen LogP contribution in [0.5, 0.6) is 0 Å². The maximum Gasteiger partial charge on any atom is 0.341 e. The van der Waals surface area contributed by atoms with Crippen LogP contribution in [-0.4, -0.2) is 30.9 Å². The van der Waals surface area contributed by atoms with Gasteiger partial charge in [0.25, 0.3) is 0 Å². The maximum atomic E-state index is 12.3. The Hall–Kier alpha value is -1.78. The molecule has 0 radical (unpaired) electrons. The smallest absolute Gasteiger partial charge is 0.341 e. The molecule has 1 aromatic rings. The molecule has 1 saturated carbocycles. The van der Waals surface area contributed by atoms with Gasteiger partial charge in [0, 0.05) is 13.5 Å². The van der Waals surface area contributed by atoms with E-state index in [9.17, 15) is 9.59 Å². The highest BCUT2D eigenvalue weighted by Gasteiger charge is 2.19. The van der Waals surface area contributed by atoms with Crippen LogP contribution in [0.2, 0.25) is 0 Å². The molecule has 5 heteroatoms. The van der Waals surface area contributed by atoms with E-state index >= 15 is 0 Å². The minimum Gasteiger partial charge on any atom is -0.465 e. The molecule has 0 bridgehead atoms. The lowest BCUT2D eigenvalue weighted by Gasteiger charge is -2.22. The van der Waals surface area contributed by atoms with E-state index in [0.29, 0.717) is 36.0 Å². The fourth-order valence-corrected chi connectivity index (χ4v) is 3.25. The predicted molar refractivity (Wildman–Crippen MR) is 87.1 cm³/mol. The molecule has 1 aliphatic carbocycles. The van der Waals surface area contributed by atoms with E-state index in [0.717, 1.165) is 6.42 Å². The Bertz CT molecular complexity index is 543. The molecule has 23 heavy (non-hydrogen) atoms. The van der Waals surface area contributed by atoms with Gasteiger partial charge in [-0.05, 0) is 25.3 Å². The molecule has 0 N–H and O–H groups in total. The Morgan fingerprint density at radius 1 is 1.30 bits per heavy atom. The van der Waals surface area contributed by atoms with Gasteiger partial charge in [0.2, 0.25) is 5.91 Å². The molecular formula is C18H27NO4. The number of nitrogens with zero attached hydrogens (tertiary/aromatic N) is 1. The standard InChI is InChI=1S/C18H27NO4/c1-13-16(18(21)22-3)11-15(23-13)12-19(2)17(20)10-9-14-7-5-4-6-8-14/h11,14H,4-10,12H2,1-3H3. The Labute approximate surface area is 138 Å². The van der Waals surface area contributed by atoms with Crippen LogP contribution in [0.15, 0.2) is 10.5 Å². The molecule has 1 aliphatic rings. The molecule has 1 fully saturated rings. The van der Waals surface area contributed by atoms with Gasteiger partial charge < -0.3 is 14.1 Å². The number of ether oxygens (including phenoxy) is 1. The van der Waals surface area contributed by atoms with Gasteiger partial charge in [-0.3, -0.25) is 4.79 Å². The van der Waals surface area contributed by atoms with Gasteiger partial charge in [-0.1, -0.05) is 32.1 Å². The van der Waals surface area contributed by atoms with Gasteiger partial charge in [-0.25, -0.2) is 4.79 Å². The molecule has 5 nitrogen and oxygen atoms in total. The Morgan fingerprint density at radius 2 is 2.00 bits per heavy atom. The van der Waals surface area contributed by atoms with Crippen molar-refractivity contribution in [2.45, 2.75) is 58.4 Å². The van der Waals surface area contributed by atoms with Crippen LogP contribution in [0.1, 0.15) is 66.8 Å². The number of methoxy groups -OCH3 is 1. The minimum absolute atomic E-state index is 0.129. The zero-order valence-corrected chi connectivity index (χ0v) is 14.4. The number of carbonyl (C=O) groups is 2. The van der Waals surface area contributed by atoms with Crippen molar-refractivity contribution in [3.8, 4) is 0 Å². The third-order valence-electron chi connectivity index (χ3n) is 4.68. The van der Waals surface area contributed by atoms with E-state index in [4.69, 9.17) is 9.15 Å². The van der Waals surface area contributed by atoms with Gasteiger partial charge in [0.15, 0.2) is 0 Å². The number of rotatable bonds is 6. The first-order chi connectivity index (χ1) is 11.0. The second-order valence-corrected chi connectivity index (χ2v) is 6.47. The topological polar surface area (TPSA) is 59.8 Å². The van der Waals surface area contributed by atoms with Crippen molar-refractivity contribution in [3.05, 3.63) is 23.2 Å². The Kier molecular flexibility index (Phi) is 6.25. The fraction of sp³-hybridized carbons (Fsp3) is 0.667. The summed E-state index contributed by atoms with van der Waals surface area (Å²) in [6.07, 6.45) is 8.03. The van der Waals surface area contributed by atoms with E-state index in [2.05, 4.69) is 0 Å². The summed E-state index contributed by atoms with van der Waals surface area (Å²) in [5.41, 5.74) is 0.422. The number of furan rings is 1. The van der Waals surface area contributed by atoms with Crippen LogP contribution in [0, 0.1) is 12.8 Å². The number of esters is 1. The number of carbonyl (C=O) groups excluding carboxylic acids is 2. The molecule has 0 unspecified atom stereocenters. The van der Waals surface area contributed by atoms with E-state index < -0.39 is 5.97 Å². The highest BCUT2D eigenvalue weighted by atomic mass is 16.5. The van der Waals surface area contributed by atoms with Crippen molar-refractivity contribution in [2.75, 3.05) is 14.2 Å². The van der Waals surface area contributed by atoms with E-state index in [-0.39, 0.29) is 5.91 Å². The predicted octanol–water partition coefficient (Wildman–Crippen LogP) is 3.69. The van der Waals surface area contributed by atoms with Gasteiger partial charge in [0.05, 0.1) is 13.7 Å². The lowest BCUT2D eigenvalue weighted by Crippen LogP contribution is -2.26. The molecule has 0 atom stereocenters. The van der Waals surface area contributed by atoms with Gasteiger partial charge in [-0.15, -0.1) is 0 Å². The zero-order valence-electron chi connectivity index (χ0n) is 14.4. The van der Waals surface area contributed by atoms with Crippen LogP contribution >= 0.6 is 0 Å². The zero-order chi connectivity index (χ0) is 16.8. The van der Waals surface area contributed by atoms with Crippen molar-refractivity contribution in [1.29, 1.82) is 0 Å². The second kappa shape index (κ2) is 8.18. The van der Waals surface area contributed by atoms with Crippen LogP contribution in [0.25, 0.3) is 0 Å². The highest BCUT2D eigenvalue weighted by Crippen LogP contribution is 2.27. The summed E-state index contributed by atoms with van der Waals surface area (Å²) in [5, 5.41) is 0. The molecule has 0 spiro atoms. The molecule has 0 saturated heterocycles. The van der Waals surface area contributed by atoms with Crippen molar-refractivity contribution >= 4 is 11.9 Å². The summed E-state index contributed by atoms with van der Waals surface area (Å²) < 4.78 is 10.3. The van der Waals surface area contributed by atoms with Crippen molar-refractivity contribution in [1.82, 2.24) is 4.90 Å². The lowest BCUT2D eigenvalue weighted by molar-refractivity contribution is -0.131. The summed E-state index contributed by atoms with van der Waals surface area (Å²) in [4.78, 5) is 25.5. The van der Waals surface area contributed by atoms with Crippen LogP contribution in [-0.2, 0) is 16.1 Å². The first-order valence-corrected chi connectivity index (χ1v) is 8.43. The number of aryl methyl sites for hydroxylation is 1. The van der Waals surface area contributed by atoms with Crippen molar-refractivity contribution < 1.29 is 18.7 Å². The largest absolute Gasteiger partial charge is 0.465 e. The molecule has 0 aromatic carbocycles. The summed E-state index contributed by atoms with van der Waals surface area (Å²) >= 11 is 0. The van der Waals surface area contributed by atoms with E-state index in [1.165, 1.54) is 39.2 Å². The SMILES string of the molecule is COC(=O)c1cc(CN(C)C(=O)CCC2CCCCC2)oc1C. The van der Waals surface area contributed by atoms with Gasteiger partial charge in [-0.2, -0.15) is 0 Å². The van der Waals surface area contributed by atoms with Gasteiger partial charge >= 0.3 is 5.97 Å². The molecule has 1 amide bonds. The molecular weight excluding hydrogens is 294 g/mol. The number of amides is 1. The minimum atomic E-state index is -0.413. The average Bonchev–Trinajstić information content (AvgIpc) is 2.93. The molecule has 0 aliphatic heterocycles. The summed E-state index contributed by atoms with van der Waals surface area (Å²) in [5.74, 6) is 1.55. The lowest BCUT2D eigenvalue weighted by atomic mass is 9.86. The van der Waals surface area contributed by atoms with Crippen LogP contribution in [0.3, 0.4) is 0 Å². The molecule has 1 heterocycles. The summed E-state index contributed by atoms with van der Waals surface area (Å²) in [6, 6.07) is 1.66. The Balaban J connectivity index is 1.84. The van der Waals surface area contributed by atoms with Crippen LogP contribution in [0.4, 0.5) is 0 Å². The van der Waals surface area contributed by atoms with E-state index in [1.807, 2.05) is 0 Å². The fourth-order valence-electron chi connectivity index (χ4n) is 3.25. The number of hydrogen-bond donors (Lipinski definition) is 0. The van der Waals surface area contributed by atoms with Crippen molar-refractivity contribution in [3.63, 3.8) is 0 Å². The van der Waals surface area contributed by atoms with E-state index in [1.54, 1.807) is 24.9 Å². The molecule has 2 rings (SSSR count). The average molecular weight is 321 g/mol. The first kappa shape index (κ1) is 17.6. The highest BCUT2D eigenvalue weighted by molar-refractivity contribution is 5.90. The summed E-state index contributed by atoms with van der Waals surface area (Å²) in [6.45, 7) is 2.10. The summed E-state index contributed by atoms with van der Waals surface area (Å²) in [7, 11) is 3.12. The second-order valence-electron chi connectivity index (χ2n) is 6.47. The van der Waals surface area contributed by atoms with Crippen LogP contribution < -0.4 is 0 Å². The quantitative estimate of drug-likeness (QED) is 0.750. The number of hydrogen-bond acceptors (Lipinski definition) is 4. The first-order valence-electron chi connectivity index (χ1n) is 8.43. The monoisotopic (exact) mass is 321 g/mol. The van der Waals surface area contributed by atoms with Crippen molar-refractivity contribution in [2.24, 2.45) is 5.92 Å². The normalized spacial score (nSPS) is 15.4.